The first-order valence-electron chi connectivity index (χ1n) is 3.92. The van der Waals surface area contributed by atoms with E-state index in [1.807, 2.05) is 18.2 Å². The molecule has 0 bridgehead atoms. The molecular formula is C9H12BrNO2. The second kappa shape index (κ2) is 5.21. The summed E-state index contributed by atoms with van der Waals surface area (Å²) in [5.74, 6) is 5.80. The van der Waals surface area contributed by atoms with E-state index in [4.69, 9.17) is 10.6 Å². The molecule has 0 saturated carbocycles. The Morgan fingerprint density at radius 1 is 1.46 bits per heavy atom. The van der Waals surface area contributed by atoms with Gasteiger partial charge in [0, 0.05) is 10.9 Å². The van der Waals surface area contributed by atoms with Gasteiger partial charge in [-0.2, -0.15) is 0 Å². The fraction of sp³-hybridized carbons (Fsp3) is 0.333. The van der Waals surface area contributed by atoms with E-state index in [0.29, 0.717) is 6.61 Å². The summed E-state index contributed by atoms with van der Waals surface area (Å²) in [6, 6.07) is 5.88. The van der Waals surface area contributed by atoms with E-state index in [1.54, 1.807) is 7.11 Å². The molecule has 1 rings (SSSR count). The van der Waals surface area contributed by atoms with Crippen molar-refractivity contribution in [2.24, 2.45) is 5.90 Å². The number of hydrogen-bond donors (Lipinski definition) is 1. The first kappa shape index (κ1) is 10.5. The average Bonchev–Trinajstić information content (AvgIpc) is 2.16. The molecular weight excluding hydrogens is 234 g/mol. The second-order valence-corrected chi connectivity index (χ2v) is 3.49. The molecule has 0 atom stereocenters. The molecule has 4 heteroatoms. The third kappa shape index (κ3) is 2.99. The maximum Gasteiger partial charge on any atom is 0.123 e. The molecule has 1 aromatic rings. The van der Waals surface area contributed by atoms with Crippen LogP contribution in [0.5, 0.6) is 5.75 Å². The predicted molar refractivity (Wildman–Crippen MR) is 54.5 cm³/mol. The van der Waals surface area contributed by atoms with Crippen molar-refractivity contribution < 1.29 is 9.57 Å². The smallest absolute Gasteiger partial charge is 0.123 e. The zero-order valence-electron chi connectivity index (χ0n) is 7.42. The molecule has 0 aromatic heterocycles. The molecule has 0 fully saturated rings. The van der Waals surface area contributed by atoms with Crippen molar-refractivity contribution >= 4 is 15.9 Å². The Balaban J connectivity index is 2.79. The average molecular weight is 246 g/mol. The summed E-state index contributed by atoms with van der Waals surface area (Å²) in [4.78, 5) is 4.51. The van der Waals surface area contributed by atoms with E-state index in [1.165, 1.54) is 0 Å². The molecule has 72 valence electrons. The lowest BCUT2D eigenvalue weighted by Gasteiger charge is -2.07. The second-order valence-electron chi connectivity index (χ2n) is 2.58. The van der Waals surface area contributed by atoms with Crippen molar-refractivity contribution in [3.63, 3.8) is 0 Å². The van der Waals surface area contributed by atoms with Gasteiger partial charge in [-0.25, -0.2) is 5.90 Å². The van der Waals surface area contributed by atoms with Gasteiger partial charge in [-0.1, -0.05) is 22.0 Å². The van der Waals surface area contributed by atoms with Gasteiger partial charge in [0.1, 0.15) is 5.75 Å². The highest BCUT2D eigenvalue weighted by Gasteiger charge is 2.02. The van der Waals surface area contributed by atoms with Crippen LogP contribution >= 0.6 is 15.9 Å². The number of ether oxygens (including phenoxy) is 1. The monoisotopic (exact) mass is 245 g/mol. The van der Waals surface area contributed by atoms with Crippen LogP contribution in [0.25, 0.3) is 0 Å². The van der Waals surface area contributed by atoms with Crippen LogP contribution in [0.4, 0.5) is 0 Å². The molecule has 0 aliphatic carbocycles. The molecule has 0 heterocycles. The molecule has 0 aliphatic rings. The zero-order valence-corrected chi connectivity index (χ0v) is 9.00. The van der Waals surface area contributed by atoms with Crippen LogP contribution in [0.1, 0.15) is 5.56 Å². The minimum absolute atomic E-state index is 0.498. The molecule has 1 aromatic carbocycles. The van der Waals surface area contributed by atoms with Gasteiger partial charge in [-0.3, -0.25) is 0 Å². The van der Waals surface area contributed by atoms with E-state index in [0.717, 1.165) is 22.2 Å². The van der Waals surface area contributed by atoms with Gasteiger partial charge < -0.3 is 9.57 Å². The molecule has 0 unspecified atom stereocenters. The van der Waals surface area contributed by atoms with Crippen molar-refractivity contribution in [1.29, 1.82) is 0 Å². The summed E-state index contributed by atoms with van der Waals surface area (Å²) < 4.78 is 6.20. The first-order chi connectivity index (χ1) is 6.27. The normalized spacial score (nSPS) is 10.1. The lowest BCUT2D eigenvalue weighted by molar-refractivity contribution is 0.140. The minimum Gasteiger partial charge on any atom is -0.496 e. The van der Waals surface area contributed by atoms with Crippen LogP contribution in [-0.4, -0.2) is 13.7 Å². The molecule has 0 spiro atoms. The van der Waals surface area contributed by atoms with Gasteiger partial charge >= 0.3 is 0 Å². The van der Waals surface area contributed by atoms with Crippen LogP contribution in [0.3, 0.4) is 0 Å². The molecule has 0 aliphatic heterocycles. The van der Waals surface area contributed by atoms with Crippen molar-refractivity contribution in [2.75, 3.05) is 13.7 Å². The van der Waals surface area contributed by atoms with Gasteiger partial charge in [-0.05, 0) is 17.7 Å². The molecule has 13 heavy (non-hydrogen) atoms. The lowest BCUT2D eigenvalue weighted by atomic mass is 10.1. The largest absolute Gasteiger partial charge is 0.496 e. The van der Waals surface area contributed by atoms with Crippen LogP contribution in [-0.2, 0) is 11.3 Å². The Morgan fingerprint density at radius 2 is 2.23 bits per heavy atom. The Hall–Kier alpha value is -0.580. The topological polar surface area (TPSA) is 44.5 Å². The molecule has 0 amide bonds. The highest BCUT2D eigenvalue weighted by Crippen LogP contribution is 2.23. The summed E-state index contributed by atoms with van der Waals surface area (Å²) in [6.07, 6.45) is 0.757. The lowest BCUT2D eigenvalue weighted by Crippen LogP contribution is -2.04. The summed E-state index contributed by atoms with van der Waals surface area (Å²) in [5.41, 5.74) is 1.09. The number of hydrogen-bond acceptors (Lipinski definition) is 3. The summed E-state index contributed by atoms with van der Waals surface area (Å²) in [7, 11) is 1.65. The van der Waals surface area contributed by atoms with Gasteiger partial charge in [0.15, 0.2) is 0 Å². The van der Waals surface area contributed by atoms with E-state index in [-0.39, 0.29) is 0 Å². The SMILES string of the molecule is COc1cc(Br)ccc1CCON. The minimum atomic E-state index is 0.498. The molecule has 3 nitrogen and oxygen atoms in total. The number of benzene rings is 1. The van der Waals surface area contributed by atoms with Crippen molar-refractivity contribution in [3.8, 4) is 5.75 Å². The van der Waals surface area contributed by atoms with Crippen molar-refractivity contribution in [2.45, 2.75) is 6.42 Å². The molecule has 0 radical (unpaired) electrons. The summed E-state index contributed by atoms with van der Waals surface area (Å²) in [5, 5.41) is 0. The third-order valence-electron chi connectivity index (χ3n) is 1.74. The van der Waals surface area contributed by atoms with Gasteiger partial charge in [0.05, 0.1) is 13.7 Å². The Bertz CT molecular complexity index is 278. The van der Waals surface area contributed by atoms with Crippen LogP contribution in [0, 0.1) is 0 Å². The highest BCUT2D eigenvalue weighted by atomic mass is 79.9. The maximum atomic E-state index is 5.20. The van der Waals surface area contributed by atoms with Crippen LogP contribution in [0.2, 0.25) is 0 Å². The molecule has 2 N–H and O–H groups in total. The Kier molecular flexibility index (Phi) is 4.21. The number of rotatable bonds is 4. The number of halogens is 1. The quantitative estimate of drug-likeness (QED) is 0.825. The van der Waals surface area contributed by atoms with Crippen molar-refractivity contribution in [1.82, 2.24) is 0 Å². The standard InChI is InChI=1S/C9H12BrNO2/c1-12-9-6-8(10)3-2-7(9)4-5-13-11/h2-3,6H,4-5,11H2,1H3. The van der Waals surface area contributed by atoms with E-state index in [2.05, 4.69) is 20.8 Å². The molecule has 0 saturated heterocycles. The van der Waals surface area contributed by atoms with Crippen LogP contribution in [0.15, 0.2) is 22.7 Å². The van der Waals surface area contributed by atoms with E-state index < -0.39 is 0 Å². The Labute approximate surface area is 85.9 Å². The third-order valence-corrected chi connectivity index (χ3v) is 2.23. The van der Waals surface area contributed by atoms with E-state index in [9.17, 15) is 0 Å². The van der Waals surface area contributed by atoms with E-state index >= 15 is 0 Å². The van der Waals surface area contributed by atoms with Gasteiger partial charge in [0.25, 0.3) is 0 Å². The zero-order chi connectivity index (χ0) is 9.68. The van der Waals surface area contributed by atoms with Gasteiger partial charge in [-0.15, -0.1) is 0 Å². The summed E-state index contributed by atoms with van der Waals surface area (Å²) >= 11 is 3.37. The number of methoxy groups -OCH3 is 1. The van der Waals surface area contributed by atoms with Crippen LogP contribution < -0.4 is 10.6 Å². The fourth-order valence-corrected chi connectivity index (χ4v) is 1.43. The first-order valence-corrected chi connectivity index (χ1v) is 4.71. The predicted octanol–water partition coefficient (Wildman–Crippen LogP) is 1.89. The fourth-order valence-electron chi connectivity index (χ4n) is 1.09. The Morgan fingerprint density at radius 3 is 2.85 bits per heavy atom. The highest BCUT2D eigenvalue weighted by molar-refractivity contribution is 9.10. The van der Waals surface area contributed by atoms with Crippen molar-refractivity contribution in [3.05, 3.63) is 28.2 Å². The maximum absolute atomic E-state index is 5.20. The number of nitrogens with two attached hydrogens (primary N) is 1. The van der Waals surface area contributed by atoms with Gasteiger partial charge in [0.2, 0.25) is 0 Å². The summed E-state index contributed by atoms with van der Waals surface area (Å²) in [6.45, 7) is 0.498.